The molecule has 0 unspecified atom stereocenters. The molecule has 1 aromatic heterocycles. The highest BCUT2D eigenvalue weighted by atomic mass is 16.4. The van der Waals surface area contributed by atoms with E-state index in [-0.39, 0.29) is 11.5 Å². The summed E-state index contributed by atoms with van der Waals surface area (Å²) in [6.45, 7) is 9.42. The van der Waals surface area contributed by atoms with Crippen molar-refractivity contribution in [2.75, 3.05) is 0 Å². The summed E-state index contributed by atoms with van der Waals surface area (Å²) in [7, 11) is 1.66. The molecule has 0 aliphatic heterocycles. The average Bonchev–Trinajstić information content (AvgIpc) is 3.00. The first-order valence-electron chi connectivity index (χ1n) is 8.97. The maximum atomic E-state index is 12.5. The number of carbonyl (C=O) groups is 2. The van der Waals surface area contributed by atoms with Gasteiger partial charge in [0.1, 0.15) is 5.69 Å². The van der Waals surface area contributed by atoms with Crippen LogP contribution in [0.25, 0.3) is 16.0 Å². The van der Waals surface area contributed by atoms with E-state index in [4.69, 9.17) is 6.57 Å². The number of aromatic nitrogens is 1. The lowest BCUT2D eigenvalue weighted by Crippen LogP contribution is -2.08. The number of Topliss-reactive ketones (excluding diaryl/α,β-unsaturated/α-hetero) is 1. The van der Waals surface area contributed by atoms with Crippen molar-refractivity contribution in [3.8, 4) is 11.1 Å². The van der Waals surface area contributed by atoms with Gasteiger partial charge in [-0.3, -0.25) is 4.79 Å². The Labute approximate surface area is 163 Å². The van der Waals surface area contributed by atoms with E-state index in [1.165, 1.54) is 0 Å². The number of benzene rings is 2. The van der Waals surface area contributed by atoms with Crippen LogP contribution >= 0.6 is 0 Å². The van der Waals surface area contributed by atoms with E-state index >= 15 is 0 Å². The van der Waals surface area contributed by atoms with E-state index in [0.717, 1.165) is 5.56 Å². The van der Waals surface area contributed by atoms with E-state index in [2.05, 4.69) is 4.85 Å². The predicted octanol–water partition coefficient (Wildman–Crippen LogP) is 4.93. The minimum absolute atomic E-state index is 0.0103. The first-order chi connectivity index (χ1) is 13.5. The molecule has 0 bridgehead atoms. The molecule has 0 fully saturated rings. The maximum Gasteiger partial charge on any atom is 0.351 e. The minimum atomic E-state index is -1.08. The van der Waals surface area contributed by atoms with Gasteiger partial charge in [0.25, 0.3) is 0 Å². The summed E-state index contributed by atoms with van der Waals surface area (Å²) in [6.07, 6.45) is 0.862. The quantitative estimate of drug-likeness (QED) is 0.493. The molecule has 3 rings (SSSR count). The van der Waals surface area contributed by atoms with Crippen molar-refractivity contribution in [3.63, 3.8) is 0 Å². The third-order valence-corrected chi connectivity index (χ3v) is 4.84. The largest absolute Gasteiger partial charge is 0.477 e. The number of hydrogen-bond donors (Lipinski definition) is 1. The van der Waals surface area contributed by atoms with Crippen LogP contribution in [0.2, 0.25) is 0 Å². The van der Waals surface area contributed by atoms with Crippen molar-refractivity contribution in [1.82, 2.24) is 4.57 Å². The van der Waals surface area contributed by atoms with Gasteiger partial charge in [0.15, 0.2) is 5.78 Å². The number of nitrogens with zero attached hydrogens (tertiary/aromatic N) is 2. The van der Waals surface area contributed by atoms with E-state index < -0.39 is 5.97 Å². The smallest absolute Gasteiger partial charge is 0.351 e. The first kappa shape index (κ1) is 19.1. The van der Waals surface area contributed by atoms with Crippen molar-refractivity contribution in [2.45, 2.75) is 19.8 Å². The molecule has 0 saturated carbocycles. The van der Waals surface area contributed by atoms with Crippen LogP contribution in [0.3, 0.4) is 0 Å². The van der Waals surface area contributed by atoms with Crippen molar-refractivity contribution in [1.29, 1.82) is 0 Å². The molecule has 140 valence electrons. The van der Waals surface area contributed by atoms with Crippen LogP contribution in [-0.2, 0) is 19.9 Å². The Hall–Kier alpha value is -3.65. The summed E-state index contributed by atoms with van der Waals surface area (Å²) in [5.74, 6) is -1.09. The Kier molecular flexibility index (Phi) is 5.42. The molecule has 0 atom stereocenters. The molecule has 0 saturated heterocycles. The van der Waals surface area contributed by atoms with Crippen molar-refractivity contribution >= 4 is 17.4 Å². The topological polar surface area (TPSA) is 63.7 Å². The van der Waals surface area contributed by atoms with Gasteiger partial charge in [-0.1, -0.05) is 61.5 Å². The molecule has 28 heavy (non-hydrogen) atoms. The van der Waals surface area contributed by atoms with Gasteiger partial charge in [-0.05, 0) is 17.5 Å². The van der Waals surface area contributed by atoms with Crippen molar-refractivity contribution in [3.05, 3.63) is 88.5 Å². The Morgan fingerprint density at radius 2 is 1.71 bits per heavy atom. The molecule has 0 aliphatic carbocycles. The monoisotopic (exact) mass is 372 g/mol. The van der Waals surface area contributed by atoms with Gasteiger partial charge in [-0.2, -0.15) is 0 Å². The van der Waals surface area contributed by atoms with Crippen LogP contribution in [0.15, 0.2) is 54.6 Å². The molecule has 5 nitrogen and oxygen atoms in total. The number of carboxylic acids is 1. The number of carbonyl (C=O) groups excluding carboxylic acids is 1. The van der Waals surface area contributed by atoms with E-state index in [0.29, 0.717) is 40.9 Å². The van der Waals surface area contributed by atoms with E-state index in [1.54, 1.807) is 35.9 Å². The second-order valence-corrected chi connectivity index (χ2v) is 6.51. The molecule has 0 radical (unpaired) electrons. The molecule has 3 aromatic rings. The molecular formula is C23H20N2O3. The van der Waals surface area contributed by atoms with E-state index in [1.807, 2.05) is 37.3 Å². The third-order valence-electron chi connectivity index (χ3n) is 4.84. The molecular weight excluding hydrogens is 352 g/mol. The van der Waals surface area contributed by atoms with Gasteiger partial charge in [0.05, 0.1) is 6.57 Å². The summed E-state index contributed by atoms with van der Waals surface area (Å²) in [5.41, 5.74) is 3.65. The number of carboxylic acid groups (broad SMARTS) is 1. The number of hydrogen-bond acceptors (Lipinski definition) is 2. The van der Waals surface area contributed by atoms with E-state index in [9.17, 15) is 14.7 Å². The lowest BCUT2D eigenvalue weighted by Gasteiger charge is -2.06. The molecule has 1 N–H and O–H groups in total. The summed E-state index contributed by atoms with van der Waals surface area (Å²) in [4.78, 5) is 27.9. The number of rotatable bonds is 6. The summed E-state index contributed by atoms with van der Waals surface area (Å²) in [5, 5.41) is 9.67. The SMILES string of the molecule is [C-]#[N+]c1c(-c2ccc(C(=O)Cc3ccccc3)cc2)c(C(=O)O)n(C)c1CC. The highest BCUT2D eigenvalue weighted by Gasteiger charge is 2.25. The van der Waals surface area contributed by atoms with Gasteiger partial charge < -0.3 is 9.67 Å². The van der Waals surface area contributed by atoms with Crippen LogP contribution in [0, 0.1) is 6.57 Å². The second-order valence-electron chi connectivity index (χ2n) is 6.51. The van der Waals surface area contributed by atoms with Crippen molar-refractivity contribution in [2.24, 2.45) is 7.05 Å². The zero-order valence-corrected chi connectivity index (χ0v) is 15.8. The Morgan fingerprint density at radius 3 is 2.25 bits per heavy atom. The van der Waals surface area contributed by atoms with Crippen LogP contribution in [0.4, 0.5) is 5.69 Å². The summed E-state index contributed by atoms with van der Waals surface area (Å²) < 4.78 is 1.57. The fourth-order valence-electron chi connectivity index (χ4n) is 3.47. The van der Waals surface area contributed by atoms with Gasteiger partial charge in [0.2, 0.25) is 5.69 Å². The zero-order valence-electron chi connectivity index (χ0n) is 15.8. The highest BCUT2D eigenvalue weighted by Crippen LogP contribution is 2.39. The normalized spacial score (nSPS) is 10.5. The highest BCUT2D eigenvalue weighted by molar-refractivity contribution is 6.02. The van der Waals surface area contributed by atoms with Crippen LogP contribution < -0.4 is 0 Å². The Morgan fingerprint density at radius 1 is 1.07 bits per heavy atom. The predicted molar refractivity (Wildman–Crippen MR) is 108 cm³/mol. The average molecular weight is 372 g/mol. The van der Waals surface area contributed by atoms with Crippen LogP contribution in [0.1, 0.15) is 39.0 Å². The molecule has 0 spiro atoms. The van der Waals surface area contributed by atoms with Gasteiger partial charge in [-0.25, -0.2) is 9.64 Å². The van der Waals surface area contributed by atoms with Gasteiger partial charge in [0, 0.05) is 30.3 Å². The molecule has 0 amide bonds. The third kappa shape index (κ3) is 3.45. The molecule has 1 heterocycles. The number of aromatic carboxylic acids is 1. The lowest BCUT2D eigenvalue weighted by molar-refractivity contribution is 0.0687. The summed E-state index contributed by atoms with van der Waals surface area (Å²) >= 11 is 0. The molecule has 0 aliphatic rings. The Balaban J connectivity index is 1.99. The molecule has 5 heteroatoms. The first-order valence-corrected chi connectivity index (χ1v) is 8.97. The van der Waals surface area contributed by atoms with Gasteiger partial charge in [-0.15, -0.1) is 0 Å². The zero-order chi connectivity index (χ0) is 20.3. The van der Waals surface area contributed by atoms with Crippen LogP contribution in [-0.4, -0.2) is 21.4 Å². The van der Waals surface area contributed by atoms with Crippen LogP contribution in [0.5, 0.6) is 0 Å². The minimum Gasteiger partial charge on any atom is -0.477 e. The fourth-order valence-corrected chi connectivity index (χ4v) is 3.47. The Bertz CT molecular complexity index is 1070. The number of ketones is 1. The van der Waals surface area contributed by atoms with Crippen molar-refractivity contribution < 1.29 is 14.7 Å². The molecule has 2 aromatic carbocycles. The maximum absolute atomic E-state index is 12.5. The summed E-state index contributed by atoms with van der Waals surface area (Å²) in [6, 6.07) is 16.3. The van der Waals surface area contributed by atoms with Gasteiger partial charge >= 0.3 is 5.97 Å². The standard InChI is InChI=1S/C23H20N2O3/c1-4-18-21(24-2)20(22(23(27)28)25(18)3)17-12-10-16(11-13-17)19(26)14-15-8-6-5-7-9-15/h5-13H,4,14H2,1,3H3,(H,27,28). The fraction of sp³-hybridized carbons (Fsp3) is 0.174. The second kappa shape index (κ2) is 7.93. The lowest BCUT2D eigenvalue weighted by atomic mass is 9.98.